The monoisotopic (exact) mass is 308 g/mol. The van der Waals surface area contributed by atoms with Crippen LogP contribution >= 0.6 is 35.5 Å². The number of hydrogen-bond donors (Lipinski definition) is 2. The number of benzene rings is 2. The topological polar surface area (TPSA) is 38.0 Å². The van der Waals surface area contributed by atoms with Gasteiger partial charge >= 0.3 is 0 Å². The van der Waals surface area contributed by atoms with Gasteiger partial charge in [0.2, 0.25) is 0 Å². The van der Waals surface area contributed by atoms with Crippen molar-refractivity contribution in [1.29, 1.82) is 0 Å². The lowest BCUT2D eigenvalue weighted by atomic mass is 10.2. The summed E-state index contributed by atoms with van der Waals surface area (Å²) in [7, 11) is 0. The van der Waals surface area contributed by atoms with Crippen LogP contribution in [0.5, 0.6) is 0 Å². The van der Waals surface area contributed by atoms with Gasteiger partial charge in [-0.3, -0.25) is 5.14 Å². The van der Waals surface area contributed by atoms with Gasteiger partial charge in [-0.15, -0.1) is 0 Å². The van der Waals surface area contributed by atoms with Crippen molar-refractivity contribution >= 4 is 47.3 Å². The van der Waals surface area contributed by atoms with Gasteiger partial charge in [-0.1, -0.05) is 35.9 Å². The van der Waals surface area contributed by atoms with Crippen molar-refractivity contribution in [1.82, 2.24) is 0 Å². The Hall–Kier alpha value is -1.07. The van der Waals surface area contributed by atoms with Crippen LogP contribution in [0.1, 0.15) is 5.56 Å². The van der Waals surface area contributed by atoms with Crippen LogP contribution in [0.3, 0.4) is 0 Å². The van der Waals surface area contributed by atoms with Gasteiger partial charge in [0, 0.05) is 9.92 Å². The highest BCUT2D eigenvalue weighted by Crippen LogP contribution is 2.25. The van der Waals surface area contributed by atoms with Crippen LogP contribution in [0.2, 0.25) is 5.02 Å². The summed E-state index contributed by atoms with van der Waals surface area (Å²) in [6.07, 6.45) is 2.02. The smallest absolute Gasteiger partial charge is 0.0593 e. The minimum atomic E-state index is 0.747. The summed E-state index contributed by atoms with van der Waals surface area (Å²) in [5.74, 6) is 0. The normalized spacial score (nSPS) is 10.8. The minimum Gasteiger partial charge on any atom is -0.325 e. The highest BCUT2D eigenvalue weighted by molar-refractivity contribution is 8.03. The molecule has 19 heavy (non-hydrogen) atoms. The van der Waals surface area contributed by atoms with Gasteiger partial charge in [-0.2, -0.15) is 0 Å². The number of hydrogen-bond acceptors (Lipinski definition) is 4. The molecule has 0 aliphatic rings. The second-order valence-electron chi connectivity index (χ2n) is 3.69. The number of nitrogens with one attached hydrogen (secondary N) is 1. The van der Waals surface area contributed by atoms with Crippen molar-refractivity contribution in [2.45, 2.75) is 4.90 Å². The molecule has 2 aromatic rings. The summed E-state index contributed by atoms with van der Waals surface area (Å²) in [4.78, 5) is 1.02. The van der Waals surface area contributed by atoms with Gasteiger partial charge in [0.1, 0.15) is 0 Å². The first kappa shape index (κ1) is 14.3. The molecule has 0 radical (unpaired) electrons. The molecular weight excluding hydrogens is 296 g/mol. The zero-order valence-corrected chi connectivity index (χ0v) is 12.4. The molecule has 98 valence electrons. The number of nitrogens with two attached hydrogens (primary N) is 1. The molecule has 0 spiro atoms. The van der Waals surface area contributed by atoms with Crippen molar-refractivity contribution in [2.75, 3.05) is 4.72 Å². The maximum Gasteiger partial charge on any atom is 0.0593 e. The molecule has 2 nitrogen and oxygen atoms in total. The van der Waals surface area contributed by atoms with Crippen molar-refractivity contribution in [3.05, 3.63) is 64.5 Å². The summed E-state index contributed by atoms with van der Waals surface area (Å²) < 4.78 is 3.25. The second kappa shape index (κ2) is 7.50. The lowest BCUT2D eigenvalue weighted by Gasteiger charge is -2.06. The van der Waals surface area contributed by atoms with E-state index in [-0.39, 0.29) is 0 Å². The van der Waals surface area contributed by atoms with Crippen molar-refractivity contribution in [3.8, 4) is 0 Å². The number of rotatable bonds is 5. The average Bonchev–Trinajstić information content (AvgIpc) is 2.46. The molecule has 0 aromatic heterocycles. The Labute approximate surface area is 126 Å². The molecule has 0 bridgehead atoms. The lowest BCUT2D eigenvalue weighted by Crippen LogP contribution is -1.89. The van der Waals surface area contributed by atoms with E-state index in [0.717, 1.165) is 21.2 Å². The van der Waals surface area contributed by atoms with E-state index in [9.17, 15) is 0 Å². The lowest BCUT2D eigenvalue weighted by molar-refractivity contribution is 1.46. The van der Waals surface area contributed by atoms with Crippen molar-refractivity contribution in [2.24, 2.45) is 5.14 Å². The number of anilines is 1. The van der Waals surface area contributed by atoms with Crippen LogP contribution in [0.15, 0.2) is 58.8 Å². The van der Waals surface area contributed by atoms with E-state index >= 15 is 0 Å². The molecule has 0 aliphatic carbocycles. The molecule has 3 N–H and O–H groups in total. The third-order valence-corrected chi connectivity index (χ3v) is 3.85. The van der Waals surface area contributed by atoms with Crippen molar-refractivity contribution in [3.63, 3.8) is 0 Å². The second-order valence-corrected chi connectivity index (χ2v) is 5.51. The Bertz CT molecular complexity index is 556. The predicted molar refractivity (Wildman–Crippen MR) is 88.2 cm³/mol. The molecule has 0 unspecified atom stereocenters. The van der Waals surface area contributed by atoms with Gasteiger partial charge in [0.25, 0.3) is 0 Å². The molecule has 5 heteroatoms. The fourth-order valence-electron chi connectivity index (χ4n) is 1.44. The van der Waals surface area contributed by atoms with E-state index in [0.29, 0.717) is 0 Å². The molecule has 2 rings (SSSR count). The van der Waals surface area contributed by atoms with Crippen molar-refractivity contribution < 1.29 is 0 Å². The highest BCUT2D eigenvalue weighted by atomic mass is 35.5. The minimum absolute atomic E-state index is 0.747. The Morgan fingerprint density at radius 3 is 2.53 bits per heavy atom. The van der Waals surface area contributed by atoms with E-state index in [1.54, 1.807) is 0 Å². The fourth-order valence-corrected chi connectivity index (χ4v) is 2.63. The van der Waals surface area contributed by atoms with Gasteiger partial charge in [0.05, 0.1) is 5.69 Å². The molecular formula is C14H13ClN2S2. The van der Waals surface area contributed by atoms with Crippen LogP contribution in [0.4, 0.5) is 5.69 Å². The first-order valence-corrected chi connectivity index (χ1v) is 7.73. The van der Waals surface area contributed by atoms with E-state index in [1.807, 2.05) is 60.0 Å². The van der Waals surface area contributed by atoms with Gasteiger partial charge in [-0.25, -0.2) is 0 Å². The van der Waals surface area contributed by atoms with E-state index in [1.165, 1.54) is 23.9 Å². The third-order valence-electron chi connectivity index (χ3n) is 2.38. The molecule has 0 atom stereocenters. The van der Waals surface area contributed by atoms with Crippen LogP contribution < -0.4 is 9.86 Å². The summed E-state index contributed by atoms with van der Waals surface area (Å²) in [5, 5.41) is 8.33. The molecule has 2 aromatic carbocycles. The average molecular weight is 309 g/mol. The molecule has 0 amide bonds. The largest absolute Gasteiger partial charge is 0.325 e. The first-order chi connectivity index (χ1) is 9.29. The maximum absolute atomic E-state index is 5.83. The highest BCUT2D eigenvalue weighted by Gasteiger charge is 1.98. The van der Waals surface area contributed by atoms with Gasteiger partial charge in [-0.05, 0) is 65.2 Å². The van der Waals surface area contributed by atoms with Crippen LogP contribution in [-0.2, 0) is 0 Å². The van der Waals surface area contributed by atoms with E-state index in [2.05, 4.69) is 4.72 Å². The molecule has 0 saturated heterocycles. The zero-order chi connectivity index (χ0) is 13.5. The fraction of sp³-hybridized carbons (Fsp3) is 0. The number of para-hydroxylation sites is 1. The van der Waals surface area contributed by atoms with Crippen LogP contribution in [-0.4, -0.2) is 0 Å². The predicted octanol–water partition coefficient (Wildman–Crippen LogP) is 5.04. The van der Waals surface area contributed by atoms with Crippen LogP contribution in [0, 0.1) is 0 Å². The SMILES string of the molecule is NSc1ccccc1NS/C=C/c1ccc(Cl)cc1. The Kier molecular flexibility index (Phi) is 5.66. The summed E-state index contributed by atoms with van der Waals surface area (Å²) in [5.41, 5.74) is 2.13. The van der Waals surface area contributed by atoms with E-state index in [4.69, 9.17) is 16.7 Å². The molecule has 0 saturated carbocycles. The standard InChI is InChI=1S/C14H13ClN2S2/c15-12-7-5-11(6-8-12)9-10-18-17-13-3-1-2-4-14(13)19-16/h1-10,17H,16H2/b10-9+. The quantitative estimate of drug-likeness (QED) is 0.759. The van der Waals surface area contributed by atoms with Crippen LogP contribution in [0.25, 0.3) is 6.08 Å². The maximum atomic E-state index is 5.83. The Morgan fingerprint density at radius 2 is 1.79 bits per heavy atom. The Morgan fingerprint density at radius 1 is 1.05 bits per heavy atom. The summed E-state index contributed by atoms with van der Waals surface area (Å²) >= 11 is 8.57. The zero-order valence-electron chi connectivity index (χ0n) is 10.0. The van der Waals surface area contributed by atoms with Gasteiger partial charge < -0.3 is 4.72 Å². The Balaban J connectivity index is 1.91. The van der Waals surface area contributed by atoms with Gasteiger partial charge in [0.15, 0.2) is 0 Å². The molecule has 0 aliphatic heterocycles. The third kappa shape index (κ3) is 4.51. The summed E-state index contributed by atoms with van der Waals surface area (Å²) in [6.45, 7) is 0. The number of halogens is 1. The molecule has 0 heterocycles. The summed E-state index contributed by atoms with van der Waals surface area (Å²) in [6, 6.07) is 15.6. The first-order valence-electron chi connectivity index (χ1n) is 5.59. The molecule has 0 fully saturated rings. The van der Waals surface area contributed by atoms with E-state index < -0.39 is 0 Å².